The van der Waals surface area contributed by atoms with Crippen molar-refractivity contribution in [3.05, 3.63) is 29.5 Å². The lowest BCUT2D eigenvalue weighted by molar-refractivity contribution is 0.978. The highest BCUT2D eigenvalue weighted by molar-refractivity contribution is 6.28. The van der Waals surface area contributed by atoms with Gasteiger partial charge in [-0.05, 0) is 23.7 Å². The molecule has 0 radical (unpaired) electrons. The molecule has 0 aliphatic rings. The van der Waals surface area contributed by atoms with Crippen LogP contribution in [0.4, 0.5) is 5.82 Å². The molecule has 2 aromatic rings. The predicted octanol–water partition coefficient (Wildman–Crippen LogP) is 1.59. The summed E-state index contributed by atoms with van der Waals surface area (Å²) in [4.78, 5) is 8.15. The highest BCUT2D eigenvalue weighted by Gasteiger charge is 2.07. The van der Waals surface area contributed by atoms with Gasteiger partial charge in [-0.3, -0.25) is 5.01 Å². The normalized spacial score (nSPS) is 10.5. The predicted molar refractivity (Wildman–Crippen MR) is 57.1 cm³/mol. The zero-order valence-corrected chi connectivity index (χ0v) is 8.36. The number of hydrogen-bond donors (Lipinski definition) is 1. The number of anilines is 1. The van der Waals surface area contributed by atoms with E-state index in [0.29, 0.717) is 5.82 Å². The van der Waals surface area contributed by atoms with E-state index in [9.17, 15) is 0 Å². The Morgan fingerprint density at radius 3 is 2.71 bits per heavy atom. The molecule has 1 aromatic carbocycles. The van der Waals surface area contributed by atoms with Crippen LogP contribution in [0.3, 0.4) is 0 Å². The van der Waals surface area contributed by atoms with E-state index in [0.717, 1.165) is 10.9 Å². The van der Waals surface area contributed by atoms with E-state index in [1.807, 2.05) is 24.3 Å². The number of para-hydroxylation sites is 1. The van der Waals surface area contributed by atoms with Crippen molar-refractivity contribution in [2.24, 2.45) is 5.84 Å². The number of halogens is 1. The Hall–Kier alpha value is -1.39. The number of hydrazine groups is 1. The van der Waals surface area contributed by atoms with Crippen LogP contribution < -0.4 is 10.9 Å². The lowest BCUT2D eigenvalue weighted by Gasteiger charge is -2.13. The number of nitrogens with zero attached hydrogens (tertiary/aromatic N) is 3. The van der Waals surface area contributed by atoms with Gasteiger partial charge >= 0.3 is 0 Å². The summed E-state index contributed by atoms with van der Waals surface area (Å²) in [5.41, 5.74) is 0.791. The summed E-state index contributed by atoms with van der Waals surface area (Å²) in [7, 11) is 1.71. The third-order valence-electron chi connectivity index (χ3n) is 1.89. The first-order valence-electron chi connectivity index (χ1n) is 4.09. The molecule has 2 rings (SSSR count). The molecule has 0 amide bonds. The average molecular weight is 209 g/mol. The zero-order chi connectivity index (χ0) is 10.1. The van der Waals surface area contributed by atoms with Crippen molar-refractivity contribution in [3.8, 4) is 0 Å². The van der Waals surface area contributed by atoms with E-state index in [1.54, 1.807) is 7.05 Å². The Labute approximate surface area is 86.3 Å². The minimum Gasteiger partial charge on any atom is -0.297 e. The second kappa shape index (κ2) is 3.40. The molecule has 0 saturated heterocycles. The van der Waals surface area contributed by atoms with Crippen molar-refractivity contribution < 1.29 is 0 Å². The minimum atomic E-state index is 0.205. The molecule has 0 saturated carbocycles. The highest BCUT2D eigenvalue weighted by atomic mass is 35.5. The number of rotatable bonds is 1. The van der Waals surface area contributed by atoms with Gasteiger partial charge in [-0.25, -0.2) is 10.8 Å². The van der Waals surface area contributed by atoms with E-state index in [-0.39, 0.29) is 5.28 Å². The molecule has 0 bridgehead atoms. The van der Waals surface area contributed by atoms with Gasteiger partial charge in [-0.2, -0.15) is 4.98 Å². The Morgan fingerprint density at radius 2 is 2.00 bits per heavy atom. The fraction of sp³-hybridized carbons (Fsp3) is 0.111. The smallest absolute Gasteiger partial charge is 0.224 e. The summed E-state index contributed by atoms with van der Waals surface area (Å²) in [6, 6.07) is 7.58. The van der Waals surface area contributed by atoms with Gasteiger partial charge in [0.1, 0.15) is 0 Å². The molecular weight excluding hydrogens is 200 g/mol. The molecule has 0 aliphatic heterocycles. The van der Waals surface area contributed by atoms with Crippen LogP contribution in [0.2, 0.25) is 5.28 Å². The van der Waals surface area contributed by atoms with Crippen molar-refractivity contribution in [1.82, 2.24) is 9.97 Å². The summed E-state index contributed by atoms with van der Waals surface area (Å²) in [5, 5.41) is 2.52. The van der Waals surface area contributed by atoms with E-state index in [2.05, 4.69) is 9.97 Å². The van der Waals surface area contributed by atoms with Gasteiger partial charge in [-0.15, -0.1) is 0 Å². The van der Waals surface area contributed by atoms with Gasteiger partial charge in [0.2, 0.25) is 5.28 Å². The molecule has 14 heavy (non-hydrogen) atoms. The van der Waals surface area contributed by atoms with Crippen molar-refractivity contribution in [2.45, 2.75) is 0 Å². The second-order valence-corrected chi connectivity index (χ2v) is 3.28. The van der Waals surface area contributed by atoms with E-state index < -0.39 is 0 Å². The molecule has 5 heteroatoms. The second-order valence-electron chi connectivity index (χ2n) is 2.94. The van der Waals surface area contributed by atoms with Crippen molar-refractivity contribution >= 4 is 28.3 Å². The number of hydrogen-bond acceptors (Lipinski definition) is 4. The lowest BCUT2D eigenvalue weighted by atomic mass is 10.2. The maximum atomic E-state index is 5.76. The highest BCUT2D eigenvalue weighted by Crippen LogP contribution is 2.22. The van der Waals surface area contributed by atoms with Crippen LogP contribution in [0.25, 0.3) is 10.9 Å². The van der Waals surface area contributed by atoms with Gasteiger partial charge in [0, 0.05) is 12.4 Å². The molecule has 2 N–H and O–H groups in total. The van der Waals surface area contributed by atoms with Gasteiger partial charge in [-0.1, -0.05) is 12.1 Å². The summed E-state index contributed by atoms with van der Waals surface area (Å²) in [5.74, 6) is 6.26. The molecular formula is C9H9ClN4. The molecule has 1 aromatic heterocycles. The molecule has 72 valence electrons. The van der Waals surface area contributed by atoms with Gasteiger partial charge in [0.25, 0.3) is 0 Å². The molecule has 0 spiro atoms. The summed E-state index contributed by atoms with van der Waals surface area (Å²) >= 11 is 5.76. The minimum absolute atomic E-state index is 0.205. The van der Waals surface area contributed by atoms with Crippen molar-refractivity contribution in [1.29, 1.82) is 0 Å². The molecule has 0 fully saturated rings. The van der Waals surface area contributed by atoms with Crippen LogP contribution in [0, 0.1) is 0 Å². The van der Waals surface area contributed by atoms with Crippen LogP contribution in [0.15, 0.2) is 24.3 Å². The van der Waals surface area contributed by atoms with Crippen LogP contribution >= 0.6 is 11.6 Å². The monoisotopic (exact) mass is 208 g/mol. The molecule has 1 heterocycles. The summed E-state index contributed by atoms with van der Waals surface area (Å²) in [6.45, 7) is 0. The molecule has 0 unspecified atom stereocenters. The van der Waals surface area contributed by atoms with Gasteiger partial charge < -0.3 is 0 Å². The third-order valence-corrected chi connectivity index (χ3v) is 2.06. The standard InChI is InChI=1S/C9H9ClN4/c1-14(11)8-6-4-2-3-5-7(6)12-9(10)13-8/h2-5H,11H2,1H3. The Bertz CT molecular complexity index is 469. The van der Waals surface area contributed by atoms with Crippen LogP contribution in [-0.2, 0) is 0 Å². The topological polar surface area (TPSA) is 55.0 Å². The van der Waals surface area contributed by atoms with Gasteiger partial charge in [0.15, 0.2) is 5.82 Å². The first kappa shape index (κ1) is 9.18. The van der Waals surface area contributed by atoms with Gasteiger partial charge in [0.05, 0.1) is 5.52 Å². The van der Waals surface area contributed by atoms with E-state index in [1.165, 1.54) is 5.01 Å². The van der Waals surface area contributed by atoms with E-state index in [4.69, 9.17) is 17.4 Å². The average Bonchev–Trinajstić information content (AvgIpc) is 2.16. The van der Waals surface area contributed by atoms with Crippen molar-refractivity contribution in [3.63, 3.8) is 0 Å². The Balaban J connectivity index is 2.80. The third kappa shape index (κ3) is 1.49. The first-order chi connectivity index (χ1) is 6.68. The largest absolute Gasteiger partial charge is 0.297 e. The zero-order valence-electron chi connectivity index (χ0n) is 7.61. The molecule has 0 aliphatic carbocycles. The fourth-order valence-corrected chi connectivity index (χ4v) is 1.47. The van der Waals surface area contributed by atoms with Crippen molar-refractivity contribution in [2.75, 3.05) is 12.1 Å². The number of nitrogens with two attached hydrogens (primary N) is 1. The maximum Gasteiger partial charge on any atom is 0.224 e. The number of fused-ring (bicyclic) bond motifs is 1. The Morgan fingerprint density at radius 1 is 1.29 bits per heavy atom. The summed E-state index contributed by atoms with van der Waals surface area (Å²) in [6.07, 6.45) is 0. The van der Waals surface area contributed by atoms with Crippen LogP contribution in [0.1, 0.15) is 0 Å². The SMILES string of the molecule is CN(N)c1nc(Cl)nc2ccccc12. The Kier molecular flexibility index (Phi) is 2.23. The summed E-state index contributed by atoms with van der Waals surface area (Å²) < 4.78 is 0. The fourth-order valence-electron chi connectivity index (χ4n) is 1.30. The number of benzene rings is 1. The molecule has 0 atom stereocenters. The maximum absolute atomic E-state index is 5.76. The van der Waals surface area contributed by atoms with Crippen LogP contribution in [-0.4, -0.2) is 17.0 Å². The molecule has 4 nitrogen and oxygen atoms in total. The number of aromatic nitrogens is 2. The van der Waals surface area contributed by atoms with Crippen LogP contribution in [0.5, 0.6) is 0 Å². The lowest BCUT2D eigenvalue weighted by Crippen LogP contribution is -2.26. The quantitative estimate of drug-likeness (QED) is 0.439. The first-order valence-corrected chi connectivity index (χ1v) is 4.47. The van der Waals surface area contributed by atoms with E-state index >= 15 is 0 Å².